The summed E-state index contributed by atoms with van der Waals surface area (Å²) >= 11 is 0. The standard InChI is InChI=1S/C17H25NO4/c1-4-6-11-22-14-9-7-13(8-10-14)12-15(16(19)5-2)18-17(20)21-3/h7-10,15H,4-6,11-12H2,1-3H3,(H,18,20). The molecule has 0 saturated carbocycles. The highest BCUT2D eigenvalue weighted by molar-refractivity contribution is 5.87. The largest absolute Gasteiger partial charge is 0.494 e. The zero-order valence-corrected chi connectivity index (χ0v) is 13.6. The molecule has 0 saturated heterocycles. The van der Waals surface area contributed by atoms with Gasteiger partial charge in [-0.3, -0.25) is 4.79 Å². The minimum atomic E-state index is -0.591. The number of ether oxygens (including phenoxy) is 2. The second-order valence-corrected chi connectivity index (χ2v) is 5.06. The monoisotopic (exact) mass is 307 g/mol. The fourth-order valence-electron chi connectivity index (χ4n) is 1.98. The molecule has 0 radical (unpaired) electrons. The molecule has 0 bridgehead atoms. The Hall–Kier alpha value is -2.04. The first-order valence-corrected chi connectivity index (χ1v) is 7.69. The molecule has 0 spiro atoms. The Labute approximate surface area is 132 Å². The molecule has 1 N–H and O–H groups in total. The van der Waals surface area contributed by atoms with E-state index in [-0.39, 0.29) is 5.78 Å². The van der Waals surface area contributed by atoms with Gasteiger partial charge in [-0.15, -0.1) is 0 Å². The first kappa shape index (κ1) is 18.0. The molecule has 5 heteroatoms. The van der Waals surface area contributed by atoms with Gasteiger partial charge in [0.15, 0.2) is 5.78 Å². The number of nitrogens with one attached hydrogen (secondary N) is 1. The van der Waals surface area contributed by atoms with Gasteiger partial charge in [0.2, 0.25) is 0 Å². The fourth-order valence-corrected chi connectivity index (χ4v) is 1.98. The van der Waals surface area contributed by atoms with Gasteiger partial charge in [-0.25, -0.2) is 4.79 Å². The Balaban J connectivity index is 2.64. The Morgan fingerprint density at radius 3 is 2.41 bits per heavy atom. The van der Waals surface area contributed by atoms with Crippen molar-refractivity contribution in [3.05, 3.63) is 29.8 Å². The summed E-state index contributed by atoms with van der Waals surface area (Å²) in [5.74, 6) is 0.796. The summed E-state index contributed by atoms with van der Waals surface area (Å²) in [6.07, 6.45) is 2.34. The highest BCUT2D eigenvalue weighted by atomic mass is 16.5. The van der Waals surface area contributed by atoms with Crippen LogP contribution in [0.1, 0.15) is 38.7 Å². The van der Waals surface area contributed by atoms with E-state index in [0.717, 1.165) is 24.2 Å². The summed E-state index contributed by atoms with van der Waals surface area (Å²) in [6.45, 7) is 4.60. The molecule has 0 aliphatic carbocycles. The second-order valence-electron chi connectivity index (χ2n) is 5.06. The van der Waals surface area contributed by atoms with Crippen LogP contribution in [-0.2, 0) is 16.0 Å². The van der Waals surface area contributed by atoms with E-state index in [0.29, 0.717) is 19.4 Å². The fraction of sp³-hybridized carbons (Fsp3) is 0.529. The lowest BCUT2D eigenvalue weighted by molar-refractivity contribution is -0.120. The highest BCUT2D eigenvalue weighted by Gasteiger charge is 2.19. The van der Waals surface area contributed by atoms with Gasteiger partial charge >= 0.3 is 6.09 Å². The zero-order chi connectivity index (χ0) is 16.4. The molecule has 1 unspecified atom stereocenters. The van der Waals surface area contributed by atoms with Crippen LogP contribution < -0.4 is 10.1 Å². The molecular formula is C17H25NO4. The molecule has 0 aliphatic rings. The second kappa shape index (κ2) is 9.82. The molecule has 1 aromatic carbocycles. The summed E-state index contributed by atoms with van der Waals surface area (Å²) in [7, 11) is 1.28. The summed E-state index contributed by atoms with van der Waals surface area (Å²) in [5.41, 5.74) is 0.964. The zero-order valence-electron chi connectivity index (χ0n) is 13.6. The summed E-state index contributed by atoms with van der Waals surface area (Å²) < 4.78 is 10.2. The molecule has 122 valence electrons. The number of carbonyl (C=O) groups excluding carboxylic acids is 2. The average Bonchev–Trinajstić information content (AvgIpc) is 2.55. The molecule has 1 atom stereocenters. The maximum atomic E-state index is 11.9. The molecule has 22 heavy (non-hydrogen) atoms. The first-order chi connectivity index (χ1) is 10.6. The summed E-state index contributed by atoms with van der Waals surface area (Å²) in [5, 5.41) is 2.58. The van der Waals surface area contributed by atoms with E-state index in [9.17, 15) is 9.59 Å². The van der Waals surface area contributed by atoms with Gasteiger partial charge in [0.25, 0.3) is 0 Å². The van der Waals surface area contributed by atoms with E-state index in [4.69, 9.17) is 4.74 Å². The van der Waals surface area contributed by atoms with Crippen LogP contribution in [0.4, 0.5) is 4.79 Å². The number of Topliss-reactive ketones (excluding diaryl/α,β-unsaturated/α-hetero) is 1. The van der Waals surface area contributed by atoms with E-state index in [1.54, 1.807) is 6.92 Å². The molecule has 0 aliphatic heterocycles. The van der Waals surface area contributed by atoms with Crippen molar-refractivity contribution in [1.29, 1.82) is 0 Å². The molecule has 1 rings (SSSR count). The normalized spacial score (nSPS) is 11.6. The van der Waals surface area contributed by atoms with Gasteiger partial charge in [-0.2, -0.15) is 0 Å². The van der Waals surface area contributed by atoms with Crippen molar-refractivity contribution in [3.8, 4) is 5.75 Å². The third-order valence-corrected chi connectivity index (χ3v) is 3.34. The lowest BCUT2D eigenvalue weighted by Gasteiger charge is -2.16. The minimum Gasteiger partial charge on any atom is -0.494 e. The van der Waals surface area contributed by atoms with Gasteiger partial charge in [-0.1, -0.05) is 32.4 Å². The summed E-state index contributed by atoms with van der Waals surface area (Å²) in [4.78, 5) is 23.2. The molecule has 1 amide bonds. The quantitative estimate of drug-likeness (QED) is 0.712. The predicted molar refractivity (Wildman–Crippen MR) is 85.2 cm³/mol. The number of methoxy groups -OCH3 is 1. The van der Waals surface area contributed by atoms with Crippen LogP contribution in [-0.4, -0.2) is 31.6 Å². The predicted octanol–water partition coefficient (Wildman–Crippen LogP) is 3.11. The number of hydrogen-bond donors (Lipinski definition) is 1. The maximum absolute atomic E-state index is 11.9. The number of benzene rings is 1. The SMILES string of the molecule is CCCCOc1ccc(CC(NC(=O)OC)C(=O)CC)cc1. The van der Waals surface area contributed by atoms with Crippen LogP contribution in [0.5, 0.6) is 5.75 Å². The Morgan fingerprint density at radius 1 is 1.18 bits per heavy atom. The van der Waals surface area contributed by atoms with Crippen molar-refractivity contribution in [2.45, 2.75) is 45.6 Å². The van der Waals surface area contributed by atoms with E-state index >= 15 is 0 Å². The topological polar surface area (TPSA) is 64.6 Å². The smallest absolute Gasteiger partial charge is 0.407 e. The maximum Gasteiger partial charge on any atom is 0.407 e. The van der Waals surface area contributed by atoms with Gasteiger partial charge in [0.1, 0.15) is 5.75 Å². The van der Waals surface area contributed by atoms with Crippen LogP contribution in [0.15, 0.2) is 24.3 Å². The third-order valence-electron chi connectivity index (χ3n) is 3.34. The van der Waals surface area contributed by atoms with E-state index in [1.165, 1.54) is 7.11 Å². The number of amides is 1. The first-order valence-electron chi connectivity index (χ1n) is 7.69. The van der Waals surface area contributed by atoms with E-state index < -0.39 is 12.1 Å². The van der Waals surface area contributed by atoms with Crippen LogP contribution in [0.25, 0.3) is 0 Å². The van der Waals surface area contributed by atoms with Crippen molar-refractivity contribution in [1.82, 2.24) is 5.32 Å². The van der Waals surface area contributed by atoms with Crippen LogP contribution in [0.3, 0.4) is 0 Å². The molecule has 5 nitrogen and oxygen atoms in total. The number of unbranched alkanes of at least 4 members (excludes halogenated alkanes) is 1. The van der Waals surface area contributed by atoms with Gasteiger partial charge in [-0.05, 0) is 30.5 Å². The van der Waals surface area contributed by atoms with Crippen molar-refractivity contribution in [3.63, 3.8) is 0 Å². The third kappa shape index (κ3) is 6.16. The number of ketones is 1. The lowest BCUT2D eigenvalue weighted by atomic mass is 10.0. The van der Waals surface area contributed by atoms with Gasteiger partial charge in [0.05, 0.1) is 19.8 Å². The molecular weight excluding hydrogens is 282 g/mol. The van der Waals surface area contributed by atoms with E-state index in [2.05, 4.69) is 17.0 Å². The molecule has 0 heterocycles. The Kier molecular flexibility index (Phi) is 8.04. The molecule has 0 aromatic heterocycles. The number of rotatable bonds is 9. The van der Waals surface area contributed by atoms with Crippen LogP contribution >= 0.6 is 0 Å². The number of alkyl carbamates (subject to hydrolysis) is 1. The van der Waals surface area contributed by atoms with Crippen LogP contribution in [0, 0.1) is 0 Å². The number of hydrogen-bond acceptors (Lipinski definition) is 4. The van der Waals surface area contributed by atoms with E-state index in [1.807, 2.05) is 24.3 Å². The van der Waals surface area contributed by atoms with Crippen LogP contribution in [0.2, 0.25) is 0 Å². The average molecular weight is 307 g/mol. The molecule has 1 aromatic rings. The Bertz CT molecular complexity index is 470. The lowest BCUT2D eigenvalue weighted by Crippen LogP contribution is -2.42. The summed E-state index contributed by atoms with van der Waals surface area (Å²) in [6, 6.07) is 7.03. The minimum absolute atomic E-state index is 0.0197. The highest BCUT2D eigenvalue weighted by Crippen LogP contribution is 2.14. The van der Waals surface area contributed by atoms with Crippen molar-refractivity contribution < 1.29 is 19.1 Å². The Morgan fingerprint density at radius 2 is 1.86 bits per heavy atom. The van der Waals surface area contributed by atoms with Gasteiger partial charge < -0.3 is 14.8 Å². The number of carbonyl (C=O) groups is 2. The molecule has 0 fully saturated rings. The van der Waals surface area contributed by atoms with Crippen molar-refractivity contribution in [2.24, 2.45) is 0 Å². The van der Waals surface area contributed by atoms with Crippen molar-refractivity contribution >= 4 is 11.9 Å². The van der Waals surface area contributed by atoms with Gasteiger partial charge in [0, 0.05) is 6.42 Å². The van der Waals surface area contributed by atoms with Crippen molar-refractivity contribution in [2.75, 3.05) is 13.7 Å².